The van der Waals surface area contributed by atoms with Crippen molar-refractivity contribution in [1.82, 2.24) is 19.5 Å². The first kappa shape index (κ1) is 19.3. The van der Waals surface area contributed by atoms with Gasteiger partial charge in [-0.1, -0.05) is 29.8 Å². The van der Waals surface area contributed by atoms with Crippen LogP contribution >= 0.6 is 23.2 Å². The largest absolute Gasteiger partial charge is 0.346 e. The molecule has 0 aliphatic carbocycles. The Morgan fingerprint density at radius 1 is 1.10 bits per heavy atom. The van der Waals surface area contributed by atoms with Crippen molar-refractivity contribution in [2.75, 3.05) is 5.32 Å². The van der Waals surface area contributed by atoms with E-state index >= 15 is 0 Å². The summed E-state index contributed by atoms with van der Waals surface area (Å²) in [7, 11) is 0. The zero-order valence-electron chi connectivity index (χ0n) is 15.1. The molecule has 0 bridgehead atoms. The molecule has 1 atom stereocenters. The van der Waals surface area contributed by atoms with Crippen LogP contribution in [0, 0.1) is 5.82 Å². The number of benzene rings is 2. The molecular formula is C20H14Cl2FN5O. The highest BCUT2D eigenvalue weighted by Gasteiger charge is 2.19. The molecule has 0 radical (unpaired) electrons. The zero-order valence-corrected chi connectivity index (χ0v) is 16.6. The Bertz CT molecular complexity index is 1280. The molecule has 146 valence electrons. The predicted molar refractivity (Wildman–Crippen MR) is 111 cm³/mol. The van der Waals surface area contributed by atoms with Crippen molar-refractivity contribution in [1.29, 1.82) is 0 Å². The summed E-state index contributed by atoms with van der Waals surface area (Å²) in [6.07, 6.45) is 1.28. The van der Waals surface area contributed by atoms with Crippen LogP contribution < -0.4 is 10.9 Å². The van der Waals surface area contributed by atoms with Crippen LogP contribution in [0.25, 0.3) is 16.5 Å². The summed E-state index contributed by atoms with van der Waals surface area (Å²) in [5.41, 5.74) is 0.608. The fourth-order valence-corrected chi connectivity index (χ4v) is 3.54. The normalized spacial score (nSPS) is 12.1. The molecule has 0 amide bonds. The minimum absolute atomic E-state index is 0.0440. The number of rotatable bonds is 4. The zero-order chi connectivity index (χ0) is 20.5. The van der Waals surface area contributed by atoms with Crippen molar-refractivity contribution in [3.63, 3.8) is 0 Å². The molecule has 0 fully saturated rings. The van der Waals surface area contributed by atoms with Crippen molar-refractivity contribution in [3.8, 4) is 5.69 Å². The molecule has 2 heterocycles. The van der Waals surface area contributed by atoms with Crippen molar-refractivity contribution in [2.24, 2.45) is 0 Å². The topological polar surface area (TPSA) is 72.7 Å². The van der Waals surface area contributed by atoms with Crippen LogP contribution in [0.4, 0.5) is 10.3 Å². The molecule has 0 spiro atoms. The maximum absolute atomic E-state index is 13.9. The Balaban J connectivity index is 1.94. The van der Waals surface area contributed by atoms with E-state index in [1.54, 1.807) is 30.3 Å². The Morgan fingerprint density at radius 2 is 1.90 bits per heavy atom. The standard InChI is InChI=1S/C20H14Cl2FN5O/c1-11(26-20-25-10-24-19(22)27-20)16-8-12-4-2-7-15(21)17(12)18(29)28(16)14-6-3-5-13(23)9-14/h2-11H,1H3,(H,24,25,26,27). The molecule has 0 aliphatic rings. The number of hydrogen-bond donors (Lipinski definition) is 1. The first-order chi connectivity index (χ1) is 13.9. The fraction of sp³-hybridized carbons (Fsp3) is 0.100. The number of nitrogens with zero attached hydrogens (tertiary/aromatic N) is 4. The van der Waals surface area contributed by atoms with Gasteiger partial charge < -0.3 is 5.32 Å². The average Bonchev–Trinajstić information content (AvgIpc) is 2.67. The number of anilines is 1. The first-order valence-corrected chi connectivity index (χ1v) is 9.41. The van der Waals surface area contributed by atoms with Gasteiger partial charge in [0, 0.05) is 5.69 Å². The van der Waals surface area contributed by atoms with Gasteiger partial charge in [-0.25, -0.2) is 14.4 Å². The van der Waals surface area contributed by atoms with E-state index in [9.17, 15) is 9.18 Å². The molecule has 2 aromatic carbocycles. The summed E-state index contributed by atoms with van der Waals surface area (Å²) < 4.78 is 15.3. The second-order valence-electron chi connectivity index (χ2n) is 6.34. The summed E-state index contributed by atoms with van der Waals surface area (Å²) in [6.45, 7) is 1.83. The summed E-state index contributed by atoms with van der Waals surface area (Å²) in [5.74, 6) is -0.202. The maximum atomic E-state index is 13.9. The van der Waals surface area contributed by atoms with E-state index in [0.717, 1.165) is 0 Å². The molecule has 0 saturated carbocycles. The van der Waals surface area contributed by atoms with Gasteiger partial charge in [0.15, 0.2) is 0 Å². The Morgan fingerprint density at radius 3 is 2.66 bits per heavy atom. The van der Waals surface area contributed by atoms with E-state index in [1.165, 1.54) is 23.0 Å². The average molecular weight is 430 g/mol. The van der Waals surface area contributed by atoms with Gasteiger partial charge in [-0.15, -0.1) is 0 Å². The van der Waals surface area contributed by atoms with E-state index in [2.05, 4.69) is 20.3 Å². The van der Waals surface area contributed by atoms with Crippen LogP contribution in [0.1, 0.15) is 18.7 Å². The van der Waals surface area contributed by atoms with E-state index < -0.39 is 11.9 Å². The molecule has 1 unspecified atom stereocenters. The van der Waals surface area contributed by atoms with Gasteiger partial charge in [-0.05, 0) is 54.2 Å². The smallest absolute Gasteiger partial charge is 0.264 e. The monoisotopic (exact) mass is 429 g/mol. The Hall–Kier alpha value is -3.03. The Labute approximate surface area is 175 Å². The van der Waals surface area contributed by atoms with Crippen LogP contribution in [0.15, 0.2) is 59.7 Å². The number of halogens is 3. The summed E-state index contributed by atoms with van der Waals surface area (Å²) in [5, 5.41) is 4.50. The van der Waals surface area contributed by atoms with Gasteiger partial charge in [0.1, 0.15) is 12.1 Å². The minimum Gasteiger partial charge on any atom is -0.346 e. The second kappa shape index (κ2) is 7.77. The van der Waals surface area contributed by atoms with Gasteiger partial charge in [0.2, 0.25) is 11.2 Å². The molecule has 6 nitrogen and oxygen atoms in total. The third-order valence-electron chi connectivity index (χ3n) is 4.42. The second-order valence-corrected chi connectivity index (χ2v) is 7.08. The van der Waals surface area contributed by atoms with Crippen molar-refractivity contribution >= 4 is 39.9 Å². The summed E-state index contributed by atoms with van der Waals surface area (Å²) in [4.78, 5) is 25.2. The number of aromatic nitrogens is 4. The van der Waals surface area contributed by atoms with E-state index in [0.29, 0.717) is 27.2 Å². The van der Waals surface area contributed by atoms with Crippen molar-refractivity contribution < 1.29 is 4.39 Å². The molecule has 9 heteroatoms. The Kier molecular flexibility index (Phi) is 5.17. The summed E-state index contributed by atoms with van der Waals surface area (Å²) >= 11 is 12.1. The van der Waals surface area contributed by atoms with Crippen molar-refractivity contribution in [3.05, 3.63) is 87.0 Å². The highest BCUT2D eigenvalue weighted by molar-refractivity contribution is 6.35. The molecule has 0 saturated heterocycles. The quantitative estimate of drug-likeness (QED) is 0.504. The van der Waals surface area contributed by atoms with Crippen LogP contribution in [0.2, 0.25) is 10.3 Å². The molecule has 1 N–H and O–H groups in total. The van der Waals surface area contributed by atoms with E-state index in [-0.39, 0.29) is 16.8 Å². The third kappa shape index (κ3) is 3.79. The lowest BCUT2D eigenvalue weighted by atomic mass is 10.1. The fourth-order valence-electron chi connectivity index (χ4n) is 3.15. The minimum atomic E-state index is -0.454. The van der Waals surface area contributed by atoms with Crippen LogP contribution in [0.5, 0.6) is 0 Å². The van der Waals surface area contributed by atoms with Crippen LogP contribution in [0.3, 0.4) is 0 Å². The molecular weight excluding hydrogens is 416 g/mol. The lowest BCUT2D eigenvalue weighted by molar-refractivity contribution is 0.625. The highest BCUT2D eigenvalue weighted by atomic mass is 35.5. The summed E-state index contributed by atoms with van der Waals surface area (Å²) in [6, 6.07) is 12.4. The molecule has 29 heavy (non-hydrogen) atoms. The van der Waals surface area contributed by atoms with E-state index in [1.807, 2.05) is 13.0 Å². The predicted octanol–water partition coefficient (Wildman–Crippen LogP) is 4.79. The molecule has 4 rings (SSSR count). The van der Waals surface area contributed by atoms with Gasteiger partial charge >= 0.3 is 0 Å². The van der Waals surface area contributed by atoms with E-state index in [4.69, 9.17) is 23.2 Å². The molecule has 4 aromatic rings. The lowest BCUT2D eigenvalue weighted by Crippen LogP contribution is -2.26. The number of hydrogen-bond acceptors (Lipinski definition) is 5. The third-order valence-corrected chi connectivity index (χ3v) is 4.92. The maximum Gasteiger partial charge on any atom is 0.264 e. The highest BCUT2D eigenvalue weighted by Crippen LogP contribution is 2.26. The SMILES string of the molecule is CC(Nc1ncnc(Cl)n1)c1cc2cccc(Cl)c2c(=O)n1-c1cccc(F)c1. The van der Waals surface area contributed by atoms with Crippen molar-refractivity contribution in [2.45, 2.75) is 13.0 Å². The van der Waals surface area contributed by atoms with Gasteiger partial charge in [0.05, 0.1) is 22.1 Å². The molecule has 0 aliphatic heterocycles. The van der Waals surface area contributed by atoms with Gasteiger partial charge in [-0.2, -0.15) is 4.98 Å². The number of pyridine rings is 1. The van der Waals surface area contributed by atoms with Gasteiger partial charge in [0.25, 0.3) is 5.56 Å². The number of fused-ring (bicyclic) bond motifs is 1. The molecule has 2 aromatic heterocycles. The number of nitrogens with one attached hydrogen (secondary N) is 1. The first-order valence-electron chi connectivity index (χ1n) is 8.65. The van der Waals surface area contributed by atoms with Crippen LogP contribution in [-0.4, -0.2) is 19.5 Å². The van der Waals surface area contributed by atoms with Gasteiger partial charge in [-0.3, -0.25) is 9.36 Å². The van der Waals surface area contributed by atoms with Crippen LogP contribution in [-0.2, 0) is 0 Å². The lowest BCUT2D eigenvalue weighted by Gasteiger charge is -2.21.